The molecule has 4 amide bonds. The quantitative estimate of drug-likeness (QED) is 0.410. The smallest absolute Gasteiger partial charge is 0.344 e. The Morgan fingerprint density at radius 2 is 2.00 bits per heavy atom. The lowest BCUT2D eigenvalue weighted by Crippen LogP contribution is -2.51. The normalized spacial score (nSPS) is 18.0. The van der Waals surface area contributed by atoms with Gasteiger partial charge in [-0.25, -0.2) is 4.79 Å². The van der Waals surface area contributed by atoms with Crippen LogP contribution in [0.3, 0.4) is 0 Å². The highest BCUT2D eigenvalue weighted by Crippen LogP contribution is 2.33. The summed E-state index contributed by atoms with van der Waals surface area (Å²) in [5.41, 5.74) is 3.24. The molecule has 160 valence electrons. The van der Waals surface area contributed by atoms with Crippen molar-refractivity contribution in [1.82, 2.24) is 30.9 Å². The van der Waals surface area contributed by atoms with E-state index in [0.29, 0.717) is 18.7 Å². The SMILES string of the molecule is O=C(CSc1nnc(-c2c[nH]c3ccccc23)o1)NN1C(=O)NC2(CCCCC2)C1=O. The molecular weight excluding hydrogens is 420 g/mol. The summed E-state index contributed by atoms with van der Waals surface area (Å²) in [4.78, 5) is 40.4. The lowest BCUT2D eigenvalue weighted by molar-refractivity contribution is -0.139. The Labute approximate surface area is 181 Å². The number of urea groups is 1. The molecule has 2 fully saturated rings. The fourth-order valence-corrected chi connectivity index (χ4v) is 4.68. The van der Waals surface area contributed by atoms with Crippen LogP contribution in [-0.2, 0) is 9.59 Å². The molecule has 1 aromatic carbocycles. The predicted octanol–water partition coefficient (Wildman–Crippen LogP) is 2.60. The number of fused-ring (bicyclic) bond motifs is 1. The molecule has 2 aliphatic rings. The molecule has 2 aromatic heterocycles. The Bertz CT molecular complexity index is 1170. The maximum atomic E-state index is 12.7. The van der Waals surface area contributed by atoms with Gasteiger partial charge in [0.2, 0.25) is 5.91 Å². The van der Waals surface area contributed by atoms with E-state index in [9.17, 15) is 14.4 Å². The van der Waals surface area contributed by atoms with Crippen LogP contribution in [0.1, 0.15) is 32.1 Å². The predicted molar refractivity (Wildman–Crippen MR) is 112 cm³/mol. The van der Waals surface area contributed by atoms with Crippen LogP contribution in [0.15, 0.2) is 40.1 Å². The van der Waals surface area contributed by atoms with Gasteiger partial charge >= 0.3 is 6.03 Å². The van der Waals surface area contributed by atoms with E-state index in [0.717, 1.165) is 52.5 Å². The van der Waals surface area contributed by atoms with E-state index in [1.807, 2.05) is 24.3 Å². The van der Waals surface area contributed by atoms with Crippen LogP contribution in [0, 0.1) is 0 Å². The monoisotopic (exact) mass is 440 g/mol. The largest absolute Gasteiger partial charge is 0.411 e. The minimum Gasteiger partial charge on any atom is -0.411 e. The molecule has 5 rings (SSSR count). The van der Waals surface area contributed by atoms with Crippen LogP contribution in [0.25, 0.3) is 22.4 Å². The summed E-state index contributed by atoms with van der Waals surface area (Å²) in [7, 11) is 0. The number of para-hydroxylation sites is 1. The van der Waals surface area contributed by atoms with Gasteiger partial charge in [-0.2, -0.15) is 5.01 Å². The van der Waals surface area contributed by atoms with Gasteiger partial charge in [-0.15, -0.1) is 10.2 Å². The summed E-state index contributed by atoms with van der Waals surface area (Å²) < 4.78 is 5.67. The minimum atomic E-state index is -0.878. The van der Waals surface area contributed by atoms with Crippen molar-refractivity contribution in [2.24, 2.45) is 0 Å². The minimum absolute atomic E-state index is 0.0838. The molecular formula is C20H20N6O4S. The second kappa shape index (κ2) is 7.73. The van der Waals surface area contributed by atoms with Gasteiger partial charge in [-0.05, 0) is 18.9 Å². The van der Waals surface area contributed by atoms with Crippen LogP contribution < -0.4 is 10.7 Å². The molecule has 3 N–H and O–H groups in total. The van der Waals surface area contributed by atoms with Gasteiger partial charge in [0.25, 0.3) is 17.0 Å². The summed E-state index contributed by atoms with van der Waals surface area (Å²) >= 11 is 1.03. The molecule has 1 aliphatic carbocycles. The van der Waals surface area contributed by atoms with Gasteiger partial charge in [-0.1, -0.05) is 49.2 Å². The van der Waals surface area contributed by atoms with Gasteiger partial charge < -0.3 is 14.7 Å². The number of nitrogens with one attached hydrogen (secondary N) is 3. The second-order valence-corrected chi connectivity index (χ2v) is 8.58. The highest BCUT2D eigenvalue weighted by atomic mass is 32.2. The molecule has 1 spiro atoms. The Kier molecular flexibility index (Phi) is 4.89. The standard InChI is InChI=1S/C20H20N6O4S/c27-15(25-26-17(28)20(22-18(26)29)8-4-1-5-9-20)11-31-19-24-23-16(30-19)13-10-21-14-7-3-2-6-12(13)14/h2-3,6-7,10,21H,1,4-5,8-9,11H2,(H,22,29)(H,25,27). The molecule has 1 aliphatic heterocycles. The van der Waals surface area contributed by atoms with Gasteiger partial charge in [0.05, 0.1) is 11.3 Å². The molecule has 1 saturated heterocycles. The van der Waals surface area contributed by atoms with Crippen molar-refractivity contribution in [2.45, 2.75) is 42.9 Å². The van der Waals surface area contributed by atoms with Crippen LogP contribution >= 0.6 is 11.8 Å². The number of hydrogen-bond acceptors (Lipinski definition) is 7. The lowest BCUT2D eigenvalue weighted by atomic mass is 9.82. The molecule has 0 bridgehead atoms. The van der Waals surface area contributed by atoms with Gasteiger partial charge in [-0.3, -0.25) is 15.0 Å². The van der Waals surface area contributed by atoms with Crippen LogP contribution in [0.5, 0.6) is 0 Å². The fourth-order valence-electron chi connectivity index (χ4n) is 4.13. The summed E-state index contributed by atoms with van der Waals surface area (Å²) in [5.74, 6) is -0.642. The van der Waals surface area contributed by atoms with Gasteiger partial charge in [0.1, 0.15) is 5.54 Å². The van der Waals surface area contributed by atoms with Crippen molar-refractivity contribution in [3.63, 3.8) is 0 Å². The van der Waals surface area contributed by atoms with E-state index in [1.165, 1.54) is 0 Å². The Morgan fingerprint density at radius 3 is 2.84 bits per heavy atom. The van der Waals surface area contributed by atoms with Crippen LogP contribution in [0.2, 0.25) is 0 Å². The first kappa shape index (κ1) is 19.6. The van der Waals surface area contributed by atoms with Gasteiger partial charge in [0, 0.05) is 17.1 Å². The molecule has 31 heavy (non-hydrogen) atoms. The van der Waals surface area contributed by atoms with E-state index in [-0.39, 0.29) is 11.0 Å². The third kappa shape index (κ3) is 3.54. The number of rotatable bonds is 5. The van der Waals surface area contributed by atoms with Crippen molar-refractivity contribution < 1.29 is 18.8 Å². The average Bonchev–Trinajstić information content (AvgIpc) is 3.47. The summed E-state index contributed by atoms with van der Waals surface area (Å²) in [6, 6.07) is 7.15. The topological polar surface area (TPSA) is 133 Å². The number of carbonyl (C=O) groups excluding carboxylic acids is 3. The summed E-state index contributed by atoms with van der Waals surface area (Å²) in [6.07, 6.45) is 5.77. The number of hydrogen-bond donors (Lipinski definition) is 3. The number of H-pyrrole nitrogens is 1. The van der Waals surface area contributed by atoms with E-state index >= 15 is 0 Å². The number of benzene rings is 1. The average molecular weight is 440 g/mol. The highest BCUT2D eigenvalue weighted by Gasteiger charge is 2.52. The number of thioether (sulfide) groups is 1. The third-order valence-corrected chi connectivity index (χ3v) is 6.48. The zero-order valence-electron chi connectivity index (χ0n) is 16.5. The van der Waals surface area contributed by atoms with Crippen LogP contribution in [0.4, 0.5) is 4.79 Å². The maximum absolute atomic E-state index is 12.7. The molecule has 0 unspecified atom stereocenters. The van der Waals surface area contributed by atoms with Crippen molar-refractivity contribution in [2.75, 3.05) is 5.75 Å². The first-order valence-corrected chi connectivity index (χ1v) is 11.0. The number of nitrogens with zero attached hydrogens (tertiary/aromatic N) is 3. The fraction of sp³-hybridized carbons (Fsp3) is 0.350. The molecule has 11 heteroatoms. The zero-order valence-corrected chi connectivity index (χ0v) is 17.3. The number of imide groups is 1. The number of hydrazine groups is 1. The molecule has 0 radical (unpaired) electrons. The van der Waals surface area contributed by atoms with Crippen LogP contribution in [-0.4, -0.2) is 49.3 Å². The Morgan fingerprint density at radius 1 is 1.19 bits per heavy atom. The first-order valence-electron chi connectivity index (χ1n) is 10.0. The lowest BCUT2D eigenvalue weighted by Gasteiger charge is -2.30. The van der Waals surface area contributed by atoms with Crippen molar-refractivity contribution in [3.8, 4) is 11.5 Å². The summed E-state index contributed by atoms with van der Waals surface area (Å²) in [5, 5.41) is 12.7. The van der Waals surface area contributed by atoms with E-state index < -0.39 is 23.4 Å². The molecule has 1 saturated carbocycles. The first-order chi connectivity index (χ1) is 15.1. The van der Waals surface area contributed by atoms with Crippen molar-refractivity contribution in [1.29, 1.82) is 0 Å². The Hall–Kier alpha value is -3.34. The summed E-state index contributed by atoms with van der Waals surface area (Å²) in [6.45, 7) is 0. The van der Waals surface area contributed by atoms with E-state index in [4.69, 9.17) is 4.42 Å². The third-order valence-electron chi connectivity index (χ3n) is 5.66. The molecule has 0 atom stereocenters. The highest BCUT2D eigenvalue weighted by molar-refractivity contribution is 7.99. The number of carbonyl (C=O) groups is 3. The zero-order chi connectivity index (χ0) is 21.4. The number of aromatic amines is 1. The van der Waals surface area contributed by atoms with Crippen molar-refractivity contribution in [3.05, 3.63) is 30.5 Å². The number of aromatic nitrogens is 3. The Balaban J connectivity index is 1.21. The molecule has 3 aromatic rings. The molecule has 10 nitrogen and oxygen atoms in total. The molecule has 3 heterocycles. The van der Waals surface area contributed by atoms with E-state index in [2.05, 4.69) is 25.9 Å². The number of amides is 4. The van der Waals surface area contributed by atoms with Gasteiger partial charge in [0.15, 0.2) is 0 Å². The maximum Gasteiger partial charge on any atom is 0.344 e. The van der Waals surface area contributed by atoms with E-state index in [1.54, 1.807) is 6.20 Å². The van der Waals surface area contributed by atoms with Crippen molar-refractivity contribution >= 4 is 40.5 Å². The second-order valence-electron chi connectivity index (χ2n) is 7.66.